The standard InChI is InChI=1S/C37H64FNO8Si/c1-14-28(43-11)25(4)32-33(46-32)34(39)36(9,38)20-15-16-23(2)31-24(3)17-18-29(44-26(5)40)37(10,42)21-19-27(22-30(41)45-31)47-48(12,13)35(6,7)8/h15-18,20,24-25,27-29,31-34,42H,14,19,21-22,39H2,1-13H3/b18-17+,20-15+,23-16+/t24-,25+,27+,28-,29-,31?,32+,33-,34?,36?,37+/m0/s1. The molecule has 1 saturated heterocycles. The smallest absolute Gasteiger partial charge is 0.308 e. The number of carbonyl (C=O) groups excluding carboxylic acids is 2. The Hall–Kier alpha value is -1.89. The van der Waals surface area contributed by atoms with Crippen molar-refractivity contribution in [2.24, 2.45) is 17.6 Å². The van der Waals surface area contributed by atoms with Crippen LogP contribution in [0.1, 0.15) is 94.9 Å². The summed E-state index contributed by atoms with van der Waals surface area (Å²) in [5.41, 5.74) is 3.77. The lowest BCUT2D eigenvalue weighted by atomic mass is 9.88. The summed E-state index contributed by atoms with van der Waals surface area (Å²) in [6.45, 7) is 22.7. The molecule has 0 aromatic heterocycles. The average Bonchev–Trinajstić information content (AvgIpc) is 3.76. The number of allylic oxidation sites excluding steroid dienone is 2. The van der Waals surface area contributed by atoms with Gasteiger partial charge in [-0.05, 0) is 75.9 Å². The minimum Gasteiger partial charge on any atom is -0.457 e. The van der Waals surface area contributed by atoms with Gasteiger partial charge in [0.15, 0.2) is 8.32 Å². The predicted octanol–water partition coefficient (Wildman–Crippen LogP) is 6.73. The van der Waals surface area contributed by atoms with Crippen LogP contribution in [0.25, 0.3) is 0 Å². The van der Waals surface area contributed by atoms with E-state index < -0.39 is 62.0 Å². The molecule has 2 rings (SSSR count). The van der Waals surface area contributed by atoms with Gasteiger partial charge >= 0.3 is 11.9 Å². The molecule has 11 atom stereocenters. The summed E-state index contributed by atoms with van der Waals surface area (Å²) < 4.78 is 45.5. The highest BCUT2D eigenvalue weighted by molar-refractivity contribution is 6.74. The van der Waals surface area contributed by atoms with Gasteiger partial charge in [0.25, 0.3) is 0 Å². The van der Waals surface area contributed by atoms with Crippen LogP contribution in [0, 0.1) is 11.8 Å². The first-order valence-corrected chi connectivity index (χ1v) is 20.3. The summed E-state index contributed by atoms with van der Waals surface area (Å²) in [7, 11) is -0.629. The van der Waals surface area contributed by atoms with Crippen molar-refractivity contribution < 1.29 is 42.5 Å². The fourth-order valence-electron chi connectivity index (χ4n) is 6.04. The van der Waals surface area contributed by atoms with Crippen LogP contribution in [0.2, 0.25) is 18.1 Å². The van der Waals surface area contributed by atoms with Crippen molar-refractivity contribution in [3.8, 4) is 0 Å². The monoisotopic (exact) mass is 697 g/mol. The zero-order valence-electron chi connectivity index (χ0n) is 31.7. The largest absolute Gasteiger partial charge is 0.457 e. The average molecular weight is 698 g/mol. The van der Waals surface area contributed by atoms with Gasteiger partial charge in [-0.2, -0.15) is 0 Å². The number of rotatable bonds is 12. The van der Waals surface area contributed by atoms with Gasteiger partial charge in [-0.1, -0.05) is 59.8 Å². The second-order valence-electron chi connectivity index (χ2n) is 15.8. The Morgan fingerprint density at radius 1 is 1.23 bits per heavy atom. The number of hydrogen-bond donors (Lipinski definition) is 2. The highest BCUT2D eigenvalue weighted by atomic mass is 28.4. The van der Waals surface area contributed by atoms with Crippen molar-refractivity contribution in [1.82, 2.24) is 0 Å². The Morgan fingerprint density at radius 3 is 2.40 bits per heavy atom. The number of nitrogens with two attached hydrogens (primary N) is 1. The lowest BCUT2D eigenvalue weighted by molar-refractivity contribution is -0.157. The molecule has 2 aliphatic heterocycles. The molecule has 2 aliphatic rings. The Balaban J connectivity index is 2.36. The van der Waals surface area contributed by atoms with Crippen LogP contribution in [0.15, 0.2) is 36.0 Å². The van der Waals surface area contributed by atoms with Crippen LogP contribution in [-0.2, 0) is 33.0 Å². The fourth-order valence-corrected chi connectivity index (χ4v) is 7.43. The van der Waals surface area contributed by atoms with Gasteiger partial charge in [0, 0.05) is 25.9 Å². The number of ether oxygens (including phenoxy) is 4. The maximum absolute atomic E-state index is 15.9. The number of methoxy groups -OCH3 is 1. The van der Waals surface area contributed by atoms with E-state index in [9.17, 15) is 14.7 Å². The van der Waals surface area contributed by atoms with E-state index >= 15 is 4.39 Å². The quantitative estimate of drug-likeness (QED) is 0.0749. The number of epoxide rings is 1. The molecule has 0 aliphatic carbocycles. The van der Waals surface area contributed by atoms with Gasteiger partial charge in [-0.15, -0.1) is 0 Å². The summed E-state index contributed by atoms with van der Waals surface area (Å²) in [5.74, 6) is -1.24. The lowest BCUT2D eigenvalue weighted by Gasteiger charge is -2.40. The molecule has 3 unspecified atom stereocenters. The van der Waals surface area contributed by atoms with Gasteiger partial charge in [-0.3, -0.25) is 9.59 Å². The Morgan fingerprint density at radius 2 is 1.85 bits per heavy atom. The van der Waals surface area contributed by atoms with Crippen LogP contribution in [0.3, 0.4) is 0 Å². The zero-order valence-corrected chi connectivity index (χ0v) is 32.7. The molecule has 0 saturated carbocycles. The SMILES string of the molecule is CC[C@H](OC)[C@@H](C)[C@H]1O[C@@H]1C(N)C(C)(F)/C=C/C=C(\C)C1OC(=O)C[C@H](O[Si](C)(C)C(C)(C)C)CC[C@@](C)(O)[C@@H](OC(C)=O)/C=C/[C@@H]1C. The summed E-state index contributed by atoms with van der Waals surface area (Å²) in [6.07, 6.45) is 6.84. The van der Waals surface area contributed by atoms with E-state index in [4.69, 9.17) is 29.1 Å². The van der Waals surface area contributed by atoms with Crippen molar-refractivity contribution in [1.29, 1.82) is 0 Å². The number of alkyl halides is 1. The fraction of sp³-hybridized carbons (Fsp3) is 0.784. The molecule has 1 fully saturated rings. The molecule has 276 valence electrons. The van der Waals surface area contributed by atoms with E-state index in [1.165, 1.54) is 19.9 Å². The molecule has 9 nitrogen and oxygen atoms in total. The summed E-state index contributed by atoms with van der Waals surface area (Å²) in [6, 6.07) is -0.880. The molecular formula is C37H64FNO8Si. The van der Waals surface area contributed by atoms with Gasteiger partial charge in [0.05, 0.1) is 30.8 Å². The molecule has 3 N–H and O–H groups in total. The minimum absolute atomic E-state index is 0.00276. The first kappa shape index (κ1) is 42.3. The van der Waals surface area contributed by atoms with Crippen LogP contribution >= 0.6 is 0 Å². The molecule has 0 bridgehead atoms. The van der Waals surface area contributed by atoms with Crippen molar-refractivity contribution in [3.63, 3.8) is 0 Å². The van der Waals surface area contributed by atoms with Crippen LogP contribution in [-0.4, -0.2) is 86.4 Å². The molecule has 0 aromatic carbocycles. The van der Waals surface area contributed by atoms with Crippen molar-refractivity contribution >= 4 is 20.3 Å². The van der Waals surface area contributed by atoms with Crippen LogP contribution in [0.4, 0.5) is 4.39 Å². The number of halogens is 1. The van der Waals surface area contributed by atoms with Crippen molar-refractivity contribution in [2.75, 3.05) is 7.11 Å². The number of carbonyl (C=O) groups is 2. The molecule has 11 heteroatoms. The predicted molar refractivity (Wildman–Crippen MR) is 190 cm³/mol. The highest BCUT2D eigenvalue weighted by Crippen LogP contribution is 2.40. The van der Waals surface area contributed by atoms with E-state index in [1.54, 1.807) is 38.3 Å². The second-order valence-corrected chi connectivity index (χ2v) is 20.6. The van der Waals surface area contributed by atoms with Gasteiger partial charge in [0.1, 0.15) is 29.6 Å². The van der Waals surface area contributed by atoms with E-state index in [1.807, 2.05) is 27.7 Å². The number of cyclic esters (lactones) is 1. The highest BCUT2D eigenvalue weighted by Gasteiger charge is 2.53. The molecular weight excluding hydrogens is 633 g/mol. The zero-order chi connectivity index (χ0) is 36.8. The Bertz CT molecular complexity index is 1170. The molecule has 0 radical (unpaired) electrons. The number of esters is 2. The van der Waals surface area contributed by atoms with Crippen molar-refractivity contribution in [3.05, 3.63) is 36.0 Å². The van der Waals surface area contributed by atoms with E-state index in [-0.39, 0.29) is 41.9 Å². The number of hydrogen-bond acceptors (Lipinski definition) is 9. The lowest BCUT2D eigenvalue weighted by Crippen LogP contribution is -2.46. The third-order valence-corrected chi connectivity index (χ3v) is 15.0. The van der Waals surface area contributed by atoms with Crippen LogP contribution < -0.4 is 5.73 Å². The summed E-state index contributed by atoms with van der Waals surface area (Å²) in [4.78, 5) is 25.5. The van der Waals surface area contributed by atoms with E-state index in [0.29, 0.717) is 12.0 Å². The Labute approximate surface area is 289 Å². The second kappa shape index (κ2) is 16.9. The topological polar surface area (TPSA) is 130 Å². The molecule has 0 spiro atoms. The van der Waals surface area contributed by atoms with E-state index in [2.05, 4.69) is 33.9 Å². The van der Waals surface area contributed by atoms with Gasteiger partial charge in [-0.25, -0.2) is 4.39 Å². The third-order valence-electron chi connectivity index (χ3n) is 10.5. The molecule has 2 heterocycles. The van der Waals surface area contributed by atoms with E-state index in [0.717, 1.165) is 6.42 Å². The molecule has 0 aromatic rings. The summed E-state index contributed by atoms with van der Waals surface area (Å²) >= 11 is 0. The molecule has 48 heavy (non-hydrogen) atoms. The maximum atomic E-state index is 15.9. The Kier molecular flexibility index (Phi) is 14.9. The van der Waals surface area contributed by atoms with Gasteiger partial charge in [0.2, 0.25) is 0 Å². The maximum Gasteiger partial charge on any atom is 0.308 e. The number of aliphatic hydroxyl groups is 1. The normalized spacial score (nSPS) is 33.4. The first-order valence-electron chi connectivity index (χ1n) is 17.4. The van der Waals surface area contributed by atoms with Crippen LogP contribution in [0.5, 0.6) is 0 Å². The minimum atomic E-state index is -2.29. The third kappa shape index (κ3) is 11.6. The van der Waals surface area contributed by atoms with Crippen molar-refractivity contribution in [2.45, 2.75) is 167 Å². The van der Waals surface area contributed by atoms with Gasteiger partial charge < -0.3 is 34.2 Å². The summed E-state index contributed by atoms with van der Waals surface area (Å²) in [5, 5.41) is 11.4. The first-order chi connectivity index (χ1) is 22.0. The molecule has 0 amide bonds.